The summed E-state index contributed by atoms with van der Waals surface area (Å²) >= 11 is 0. The lowest BCUT2D eigenvalue weighted by Crippen LogP contribution is -2.56. The van der Waals surface area contributed by atoms with Crippen LogP contribution >= 0.6 is 0 Å². The molecule has 2 saturated heterocycles. The maximum Gasteiger partial charge on any atom is 0.0479 e. The molecular weight excluding hydrogens is 246 g/mol. The highest BCUT2D eigenvalue weighted by Crippen LogP contribution is 2.29. The number of hydrogen-bond acceptors (Lipinski definition) is 3. The van der Waals surface area contributed by atoms with E-state index in [0.717, 1.165) is 19.0 Å². The van der Waals surface area contributed by atoms with Gasteiger partial charge in [-0.1, -0.05) is 37.3 Å². The quantitative estimate of drug-likeness (QED) is 0.889. The number of benzene rings is 1. The zero-order valence-electron chi connectivity index (χ0n) is 12.8. The number of piperazine rings is 1. The predicted octanol–water partition coefficient (Wildman–Crippen LogP) is 1.97. The van der Waals surface area contributed by atoms with Crippen molar-refractivity contribution in [2.75, 3.05) is 39.8 Å². The summed E-state index contributed by atoms with van der Waals surface area (Å²) in [6.45, 7) is 8.22. The van der Waals surface area contributed by atoms with Crippen LogP contribution < -0.4 is 5.32 Å². The summed E-state index contributed by atoms with van der Waals surface area (Å²) in [7, 11) is 2.25. The van der Waals surface area contributed by atoms with Crippen LogP contribution in [0.1, 0.15) is 24.9 Å². The van der Waals surface area contributed by atoms with E-state index in [4.69, 9.17) is 0 Å². The molecule has 3 heteroatoms. The van der Waals surface area contributed by atoms with Gasteiger partial charge in [-0.15, -0.1) is 0 Å². The Balaban J connectivity index is 1.79. The fraction of sp³-hybridized carbons (Fsp3) is 0.647. The number of nitrogens with one attached hydrogen (secondary N) is 1. The number of piperidine rings is 1. The normalized spacial score (nSPS) is 33.2. The lowest BCUT2D eigenvalue weighted by molar-refractivity contribution is 0.0340. The van der Waals surface area contributed by atoms with Gasteiger partial charge >= 0.3 is 0 Å². The van der Waals surface area contributed by atoms with Crippen LogP contribution in [0.4, 0.5) is 0 Å². The van der Waals surface area contributed by atoms with Gasteiger partial charge in [0.1, 0.15) is 0 Å². The molecule has 3 nitrogen and oxygen atoms in total. The van der Waals surface area contributed by atoms with Gasteiger partial charge < -0.3 is 10.2 Å². The fourth-order valence-electron chi connectivity index (χ4n) is 3.72. The van der Waals surface area contributed by atoms with E-state index in [1.165, 1.54) is 31.6 Å². The third-order valence-corrected chi connectivity index (χ3v) is 4.83. The molecule has 0 amide bonds. The molecule has 2 heterocycles. The van der Waals surface area contributed by atoms with E-state index in [1.807, 2.05) is 0 Å². The minimum Gasteiger partial charge on any atom is -0.315 e. The molecule has 2 aliphatic heterocycles. The van der Waals surface area contributed by atoms with Crippen molar-refractivity contribution in [3.8, 4) is 0 Å². The molecule has 0 aromatic heterocycles. The Bertz CT molecular complexity index is 420. The third-order valence-electron chi connectivity index (χ3n) is 4.83. The van der Waals surface area contributed by atoms with E-state index in [0.29, 0.717) is 12.1 Å². The summed E-state index contributed by atoms with van der Waals surface area (Å²) in [4.78, 5) is 5.21. The first kappa shape index (κ1) is 14.1. The zero-order chi connectivity index (χ0) is 13.9. The molecule has 3 rings (SSSR count). The molecule has 3 unspecified atom stereocenters. The number of nitrogens with zero attached hydrogens (tertiary/aromatic N) is 2. The minimum absolute atomic E-state index is 0.548. The molecule has 20 heavy (non-hydrogen) atoms. The van der Waals surface area contributed by atoms with Gasteiger partial charge in [0.2, 0.25) is 0 Å². The van der Waals surface area contributed by atoms with Gasteiger partial charge in [-0.05, 0) is 31.5 Å². The average Bonchev–Trinajstić information content (AvgIpc) is 2.48. The Morgan fingerprint density at radius 1 is 1.10 bits per heavy atom. The molecule has 2 fully saturated rings. The van der Waals surface area contributed by atoms with Crippen molar-refractivity contribution >= 4 is 0 Å². The van der Waals surface area contributed by atoms with E-state index in [1.54, 1.807) is 0 Å². The van der Waals surface area contributed by atoms with Crippen LogP contribution in [0.15, 0.2) is 30.3 Å². The number of rotatable bonds is 2. The maximum absolute atomic E-state index is 3.61. The van der Waals surface area contributed by atoms with Crippen LogP contribution in [0.25, 0.3) is 0 Å². The highest BCUT2D eigenvalue weighted by molar-refractivity contribution is 5.20. The Morgan fingerprint density at radius 2 is 1.90 bits per heavy atom. The zero-order valence-corrected chi connectivity index (χ0v) is 12.8. The van der Waals surface area contributed by atoms with E-state index in [-0.39, 0.29) is 0 Å². The van der Waals surface area contributed by atoms with Gasteiger partial charge in [0.05, 0.1) is 0 Å². The Hall–Kier alpha value is -0.900. The fourth-order valence-corrected chi connectivity index (χ4v) is 3.72. The second kappa shape index (κ2) is 6.25. The first-order valence-electron chi connectivity index (χ1n) is 7.94. The Kier molecular flexibility index (Phi) is 4.39. The van der Waals surface area contributed by atoms with Crippen molar-refractivity contribution in [2.24, 2.45) is 5.92 Å². The molecule has 1 N–H and O–H groups in total. The van der Waals surface area contributed by atoms with E-state index >= 15 is 0 Å². The first-order valence-corrected chi connectivity index (χ1v) is 7.94. The molecule has 0 aliphatic carbocycles. The Morgan fingerprint density at radius 3 is 2.65 bits per heavy atom. The smallest absolute Gasteiger partial charge is 0.0479 e. The van der Waals surface area contributed by atoms with Crippen molar-refractivity contribution < 1.29 is 0 Å². The van der Waals surface area contributed by atoms with Gasteiger partial charge in [0.25, 0.3) is 0 Å². The molecule has 0 radical (unpaired) electrons. The molecule has 1 aromatic rings. The van der Waals surface area contributed by atoms with E-state index in [9.17, 15) is 0 Å². The monoisotopic (exact) mass is 273 g/mol. The summed E-state index contributed by atoms with van der Waals surface area (Å²) in [6.07, 6.45) is 1.33. The predicted molar refractivity (Wildman–Crippen MR) is 83.8 cm³/mol. The molecular formula is C17H27N3. The lowest BCUT2D eigenvalue weighted by atomic mass is 9.92. The molecule has 110 valence electrons. The third kappa shape index (κ3) is 3.05. The summed E-state index contributed by atoms with van der Waals surface area (Å²) < 4.78 is 0. The number of likely N-dealkylation sites (N-methyl/N-ethyl adjacent to an activating group) is 1. The summed E-state index contributed by atoms with van der Waals surface area (Å²) in [5.74, 6) is 0.796. The summed E-state index contributed by atoms with van der Waals surface area (Å²) in [5, 5.41) is 3.61. The van der Waals surface area contributed by atoms with Crippen molar-refractivity contribution in [1.82, 2.24) is 15.1 Å². The summed E-state index contributed by atoms with van der Waals surface area (Å²) in [6, 6.07) is 12.3. The highest BCUT2D eigenvalue weighted by Gasteiger charge is 2.33. The van der Waals surface area contributed by atoms with Gasteiger partial charge in [-0.25, -0.2) is 0 Å². The second-order valence-corrected chi connectivity index (χ2v) is 6.58. The van der Waals surface area contributed by atoms with Crippen LogP contribution in [0, 0.1) is 5.92 Å². The average molecular weight is 273 g/mol. The first-order chi connectivity index (χ1) is 9.74. The van der Waals surface area contributed by atoms with Crippen LogP contribution in [-0.4, -0.2) is 55.6 Å². The summed E-state index contributed by atoms with van der Waals surface area (Å²) in [5.41, 5.74) is 1.47. The van der Waals surface area contributed by atoms with Crippen molar-refractivity contribution in [2.45, 2.75) is 25.4 Å². The van der Waals surface area contributed by atoms with Crippen LogP contribution in [-0.2, 0) is 0 Å². The second-order valence-electron chi connectivity index (χ2n) is 6.58. The van der Waals surface area contributed by atoms with Gasteiger partial charge in [-0.3, -0.25) is 4.90 Å². The lowest BCUT2D eigenvalue weighted by Gasteiger charge is -2.46. The molecule has 1 aromatic carbocycles. The Labute approximate surface area is 123 Å². The topological polar surface area (TPSA) is 18.5 Å². The van der Waals surface area contributed by atoms with Gasteiger partial charge in [0, 0.05) is 38.3 Å². The van der Waals surface area contributed by atoms with Gasteiger partial charge in [-0.2, -0.15) is 0 Å². The minimum atomic E-state index is 0.548. The maximum atomic E-state index is 3.61. The van der Waals surface area contributed by atoms with Crippen LogP contribution in [0.5, 0.6) is 0 Å². The van der Waals surface area contributed by atoms with E-state index < -0.39 is 0 Å². The molecule has 0 spiro atoms. The van der Waals surface area contributed by atoms with Crippen LogP contribution in [0.2, 0.25) is 0 Å². The highest BCUT2D eigenvalue weighted by atomic mass is 15.3. The number of hydrogen-bond donors (Lipinski definition) is 1. The molecule has 3 atom stereocenters. The van der Waals surface area contributed by atoms with Crippen LogP contribution in [0.3, 0.4) is 0 Å². The SMILES string of the molecule is CC1CNCC(N2CCN(C)CC2c2ccccc2)C1. The largest absolute Gasteiger partial charge is 0.315 e. The standard InChI is InChI=1S/C17H27N3/c1-14-10-16(12-18-11-14)20-9-8-19(2)13-17(20)15-6-4-3-5-7-15/h3-7,14,16-18H,8-13H2,1-2H3. The molecule has 0 saturated carbocycles. The molecule has 2 aliphatic rings. The van der Waals surface area contributed by atoms with Crippen molar-refractivity contribution in [1.29, 1.82) is 0 Å². The molecule has 0 bridgehead atoms. The van der Waals surface area contributed by atoms with Crippen molar-refractivity contribution in [3.63, 3.8) is 0 Å². The van der Waals surface area contributed by atoms with Gasteiger partial charge in [0.15, 0.2) is 0 Å². The van der Waals surface area contributed by atoms with Crippen molar-refractivity contribution in [3.05, 3.63) is 35.9 Å². The van der Waals surface area contributed by atoms with E-state index in [2.05, 4.69) is 59.4 Å².